The Morgan fingerprint density at radius 1 is 1.43 bits per heavy atom. The smallest absolute Gasteiger partial charge is 0.294 e. The summed E-state index contributed by atoms with van der Waals surface area (Å²) in [6.45, 7) is 1.67. The van der Waals surface area contributed by atoms with Crippen LogP contribution in [-0.2, 0) is 0 Å². The molecular formula is C14H18N4O3. The first-order valence-electron chi connectivity index (χ1n) is 7.23. The number of nitro benzene ring substituents is 1. The second-order valence-electron chi connectivity index (χ2n) is 5.28. The maximum atomic E-state index is 10.7. The number of H-pyrrole nitrogens is 1. The van der Waals surface area contributed by atoms with Gasteiger partial charge in [0, 0.05) is 18.2 Å². The Kier molecular flexibility index (Phi) is 4.01. The lowest BCUT2D eigenvalue weighted by Crippen LogP contribution is -2.35. The number of imidazole rings is 1. The third-order valence-electron chi connectivity index (χ3n) is 3.77. The van der Waals surface area contributed by atoms with Crippen molar-refractivity contribution in [3.8, 4) is 6.01 Å². The van der Waals surface area contributed by atoms with Crippen molar-refractivity contribution in [3.63, 3.8) is 0 Å². The normalized spacial score (nSPS) is 18.8. The summed E-state index contributed by atoms with van der Waals surface area (Å²) in [6.07, 6.45) is 4.65. The Bertz CT molecular complexity index is 634. The molecule has 1 aliphatic rings. The van der Waals surface area contributed by atoms with Crippen LogP contribution in [0.15, 0.2) is 18.2 Å². The molecular weight excluding hydrogens is 272 g/mol. The molecule has 1 aromatic carbocycles. The molecule has 7 heteroatoms. The summed E-state index contributed by atoms with van der Waals surface area (Å²) in [6, 6.07) is 5.47. The molecule has 0 bridgehead atoms. The lowest BCUT2D eigenvalue weighted by Gasteiger charge is -2.22. The van der Waals surface area contributed by atoms with Crippen LogP contribution in [0.2, 0.25) is 0 Å². The van der Waals surface area contributed by atoms with Crippen LogP contribution in [0.1, 0.15) is 25.7 Å². The number of hydrogen-bond acceptors (Lipinski definition) is 5. The molecule has 1 saturated heterocycles. The van der Waals surface area contributed by atoms with Gasteiger partial charge in [-0.05, 0) is 31.9 Å². The molecule has 1 unspecified atom stereocenters. The van der Waals surface area contributed by atoms with Crippen LogP contribution in [0.5, 0.6) is 6.01 Å². The van der Waals surface area contributed by atoms with Gasteiger partial charge in [-0.3, -0.25) is 10.1 Å². The van der Waals surface area contributed by atoms with Crippen molar-refractivity contribution in [2.75, 3.05) is 13.2 Å². The molecule has 1 aromatic heterocycles. The van der Waals surface area contributed by atoms with E-state index in [1.807, 2.05) is 0 Å². The number of piperidine rings is 1. The molecule has 2 N–H and O–H groups in total. The van der Waals surface area contributed by atoms with E-state index in [0.29, 0.717) is 29.7 Å². The summed E-state index contributed by atoms with van der Waals surface area (Å²) < 4.78 is 5.62. The van der Waals surface area contributed by atoms with Gasteiger partial charge in [-0.15, -0.1) is 0 Å². The molecule has 0 aliphatic carbocycles. The van der Waals surface area contributed by atoms with E-state index < -0.39 is 4.92 Å². The van der Waals surface area contributed by atoms with Gasteiger partial charge in [-0.2, -0.15) is 4.98 Å². The first-order chi connectivity index (χ1) is 10.2. The van der Waals surface area contributed by atoms with Crippen molar-refractivity contribution < 1.29 is 9.66 Å². The minimum atomic E-state index is -0.421. The largest absolute Gasteiger partial charge is 0.465 e. The average molecular weight is 290 g/mol. The summed E-state index contributed by atoms with van der Waals surface area (Å²) in [5.41, 5.74) is 1.34. The molecule has 112 valence electrons. The maximum Gasteiger partial charge on any atom is 0.294 e. The number of nitro groups is 1. The van der Waals surface area contributed by atoms with Gasteiger partial charge >= 0.3 is 0 Å². The molecule has 7 nitrogen and oxygen atoms in total. The molecule has 21 heavy (non-hydrogen) atoms. The molecule has 1 fully saturated rings. The number of hydrogen-bond donors (Lipinski definition) is 2. The number of aromatic nitrogens is 2. The summed E-state index contributed by atoms with van der Waals surface area (Å²) in [5.74, 6) is 0. The minimum Gasteiger partial charge on any atom is -0.465 e. The summed E-state index contributed by atoms with van der Waals surface area (Å²) in [7, 11) is 0. The Morgan fingerprint density at radius 3 is 3.10 bits per heavy atom. The molecule has 0 amide bonds. The second-order valence-corrected chi connectivity index (χ2v) is 5.28. The van der Waals surface area contributed by atoms with E-state index >= 15 is 0 Å². The summed E-state index contributed by atoms with van der Waals surface area (Å²) in [5, 5.41) is 14.2. The molecule has 2 heterocycles. The van der Waals surface area contributed by atoms with Crippen LogP contribution in [0.3, 0.4) is 0 Å². The Morgan fingerprint density at radius 2 is 2.33 bits per heavy atom. The van der Waals surface area contributed by atoms with Crippen molar-refractivity contribution in [3.05, 3.63) is 28.3 Å². The highest BCUT2D eigenvalue weighted by Gasteiger charge is 2.13. The van der Waals surface area contributed by atoms with Crippen molar-refractivity contribution in [1.82, 2.24) is 15.3 Å². The number of fused-ring (bicyclic) bond motifs is 1. The van der Waals surface area contributed by atoms with Gasteiger partial charge < -0.3 is 15.0 Å². The van der Waals surface area contributed by atoms with E-state index in [0.717, 1.165) is 13.0 Å². The van der Waals surface area contributed by atoms with Crippen molar-refractivity contribution >= 4 is 16.7 Å². The van der Waals surface area contributed by atoms with E-state index in [9.17, 15) is 10.1 Å². The summed E-state index contributed by atoms with van der Waals surface area (Å²) >= 11 is 0. The van der Waals surface area contributed by atoms with Crippen LogP contribution >= 0.6 is 0 Å². The van der Waals surface area contributed by atoms with Crippen LogP contribution < -0.4 is 10.1 Å². The third kappa shape index (κ3) is 3.30. The van der Waals surface area contributed by atoms with E-state index in [2.05, 4.69) is 15.3 Å². The number of nitrogens with one attached hydrogen (secondary N) is 2. The van der Waals surface area contributed by atoms with Crippen molar-refractivity contribution in [1.29, 1.82) is 0 Å². The quantitative estimate of drug-likeness (QED) is 0.651. The fourth-order valence-corrected chi connectivity index (χ4v) is 2.62. The van der Waals surface area contributed by atoms with Gasteiger partial charge in [-0.25, -0.2) is 0 Å². The van der Waals surface area contributed by atoms with Gasteiger partial charge in [0.2, 0.25) is 0 Å². The van der Waals surface area contributed by atoms with Gasteiger partial charge in [0.15, 0.2) is 0 Å². The number of nitrogens with zero attached hydrogens (tertiary/aromatic N) is 2. The SMILES string of the molecule is O=[N+]([O-])c1ccc2nc(OCCC3CCCCN3)[nH]c2c1. The molecule has 2 aromatic rings. The number of benzene rings is 1. The summed E-state index contributed by atoms with van der Waals surface area (Å²) in [4.78, 5) is 17.6. The number of non-ortho nitro benzene ring substituents is 1. The number of aromatic amines is 1. The zero-order valence-corrected chi connectivity index (χ0v) is 11.7. The molecule has 1 atom stereocenters. The standard InChI is InChI=1S/C14H18N4O3/c19-18(20)11-4-5-12-13(9-11)17-14(16-12)21-8-6-10-3-1-2-7-15-10/h4-5,9-10,15H,1-3,6-8H2,(H,16,17). The lowest BCUT2D eigenvalue weighted by molar-refractivity contribution is -0.384. The minimum absolute atomic E-state index is 0.0455. The van der Waals surface area contributed by atoms with Gasteiger partial charge in [0.1, 0.15) is 0 Å². The average Bonchev–Trinajstić information content (AvgIpc) is 2.90. The highest BCUT2D eigenvalue weighted by Crippen LogP contribution is 2.21. The highest BCUT2D eigenvalue weighted by atomic mass is 16.6. The van der Waals surface area contributed by atoms with E-state index in [1.165, 1.54) is 31.4 Å². The number of ether oxygens (including phenoxy) is 1. The topological polar surface area (TPSA) is 93.1 Å². The zero-order chi connectivity index (χ0) is 14.7. The Hall–Kier alpha value is -2.15. The zero-order valence-electron chi connectivity index (χ0n) is 11.7. The second kappa shape index (κ2) is 6.09. The van der Waals surface area contributed by atoms with Gasteiger partial charge in [-0.1, -0.05) is 6.42 Å². The predicted molar refractivity (Wildman–Crippen MR) is 78.5 cm³/mol. The first-order valence-corrected chi connectivity index (χ1v) is 7.23. The predicted octanol–water partition coefficient (Wildman–Crippen LogP) is 2.38. The van der Waals surface area contributed by atoms with Crippen molar-refractivity contribution in [2.24, 2.45) is 0 Å². The number of rotatable bonds is 5. The fraction of sp³-hybridized carbons (Fsp3) is 0.500. The molecule has 1 aliphatic heterocycles. The Labute approximate surface area is 121 Å². The van der Waals surface area contributed by atoms with E-state index in [-0.39, 0.29) is 5.69 Å². The van der Waals surface area contributed by atoms with Crippen LogP contribution in [0, 0.1) is 10.1 Å². The van der Waals surface area contributed by atoms with Crippen LogP contribution in [0.25, 0.3) is 11.0 Å². The fourth-order valence-electron chi connectivity index (χ4n) is 2.62. The Balaban J connectivity index is 1.60. The molecule has 0 spiro atoms. The monoisotopic (exact) mass is 290 g/mol. The third-order valence-corrected chi connectivity index (χ3v) is 3.77. The van der Waals surface area contributed by atoms with Crippen LogP contribution in [0.4, 0.5) is 5.69 Å². The highest BCUT2D eigenvalue weighted by molar-refractivity contribution is 5.78. The van der Waals surface area contributed by atoms with Crippen molar-refractivity contribution in [2.45, 2.75) is 31.7 Å². The molecule has 3 rings (SSSR count). The first kappa shape index (κ1) is 13.8. The maximum absolute atomic E-state index is 10.7. The van der Waals surface area contributed by atoms with Gasteiger partial charge in [0.05, 0.1) is 22.6 Å². The van der Waals surface area contributed by atoms with E-state index in [1.54, 1.807) is 6.07 Å². The van der Waals surface area contributed by atoms with Crippen LogP contribution in [-0.4, -0.2) is 34.1 Å². The lowest BCUT2D eigenvalue weighted by atomic mass is 10.0. The molecule has 0 radical (unpaired) electrons. The van der Waals surface area contributed by atoms with Gasteiger partial charge in [0.25, 0.3) is 11.7 Å². The molecule has 0 saturated carbocycles. The van der Waals surface area contributed by atoms with E-state index in [4.69, 9.17) is 4.74 Å².